The first-order valence-electron chi connectivity index (χ1n) is 7.62. The molecule has 0 spiro atoms. The Labute approximate surface area is 137 Å². The standard InChI is InChI=1S/C15H18N4O3S/c1-3-22-13(21)11-8(2)16-15(23-11)19-14-17-10-7-5-4-6-9(10)12(20)18-14/h3-7H2,1-2H3,(H2,16,17,18,19,20). The van der Waals surface area contributed by atoms with Gasteiger partial charge in [0.15, 0.2) is 5.13 Å². The second kappa shape index (κ2) is 6.49. The van der Waals surface area contributed by atoms with Crippen molar-refractivity contribution < 1.29 is 9.53 Å². The van der Waals surface area contributed by atoms with Gasteiger partial charge < -0.3 is 10.1 Å². The van der Waals surface area contributed by atoms with Crippen LogP contribution in [0.2, 0.25) is 0 Å². The first kappa shape index (κ1) is 15.7. The van der Waals surface area contributed by atoms with Crippen molar-refractivity contribution >= 4 is 28.4 Å². The summed E-state index contributed by atoms with van der Waals surface area (Å²) in [6.45, 7) is 3.82. The number of hydrogen-bond acceptors (Lipinski definition) is 7. The van der Waals surface area contributed by atoms with Crippen LogP contribution in [0.25, 0.3) is 0 Å². The van der Waals surface area contributed by atoms with Gasteiger partial charge in [-0.05, 0) is 39.5 Å². The molecule has 0 amide bonds. The highest BCUT2D eigenvalue weighted by molar-refractivity contribution is 7.17. The monoisotopic (exact) mass is 334 g/mol. The van der Waals surface area contributed by atoms with E-state index in [-0.39, 0.29) is 11.5 Å². The number of H-pyrrole nitrogens is 1. The van der Waals surface area contributed by atoms with Crippen molar-refractivity contribution in [3.63, 3.8) is 0 Å². The lowest BCUT2D eigenvalue weighted by Crippen LogP contribution is -2.22. The van der Waals surface area contributed by atoms with Crippen LogP contribution in [-0.4, -0.2) is 27.5 Å². The van der Waals surface area contributed by atoms with E-state index in [2.05, 4.69) is 20.3 Å². The maximum absolute atomic E-state index is 12.1. The quantitative estimate of drug-likeness (QED) is 0.833. The Morgan fingerprint density at radius 3 is 2.91 bits per heavy atom. The number of aromatic amines is 1. The summed E-state index contributed by atoms with van der Waals surface area (Å²) in [5.74, 6) is -0.0257. The van der Waals surface area contributed by atoms with Gasteiger partial charge >= 0.3 is 5.97 Å². The number of nitrogens with zero attached hydrogens (tertiary/aromatic N) is 2. The number of esters is 1. The molecule has 0 saturated carbocycles. The van der Waals surface area contributed by atoms with Crippen LogP contribution in [0, 0.1) is 6.92 Å². The number of fused-ring (bicyclic) bond motifs is 1. The van der Waals surface area contributed by atoms with Crippen LogP contribution in [0.3, 0.4) is 0 Å². The topological polar surface area (TPSA) is 97.0 Å². The van der Waals surface area contributed by atoms with Gasteiger partial charge in [-0.3, -0.25) is 9.78 Å². The zero-order valence-electron chi connectivity index (χ0n) is 13.1. The molecule has 2 heterocycles. The number of carbonyl (C=O) groups is 1. The fraction of sp³-hybridized carbons (Fsp3) is 0.467. The van der Waals surface area contributed by atoms with Gasteiger partial charge in [-0.1, -0.05) is 11.3 Å². The van der Waals surface area contributed by atoms with Crippen LogP contribution in [0.15, 0.2) is 4.79 Å². The molecule has 7 nitrogen and oxygen atoms in total. The van der Waals surface area contributed by atoms with E-state index in [1.54, 1.807) is 13.8 Å². The highest BCUT2D eigenvalue weighted by Gasteiger charge is 2.18. The smallest absolute Gasteiger partial charge is 0.350 e. The summed E-state index contributed by atoms with van der Waals surface area (Å²) in [4.78, 5) is 35.9. The van der Waals surface area contributed by atoms with Crippen molar-refractivity contribution in [1.82, 2.24) is 15.0 Å². The van der Waals surface area contributed by atoms with Gasteiger partial charge in [-0.25, -0.2) is 14.8 Å². The zero-order valence-corrected chi connectivity index (χ0v) is 13.9. The minimum atomic E-state index is -0.387. The third kappa shape index (κ3) is 3.26. The summed E-state index contributed by atoms with van der Waals surface area (Å²) in [7, 11) is 0. The molecule has 122 valence electrons. The average molecular weight is 334 g/mol. The Bertz CT molecular complexity index is 797. The van der Waals surface area contributed by atoms with Crippen LogP contribution in [0.4, 0.5) is 11.1 Å². The molecule has 0 aliphatic heterocycles. The maximum atomic E-state index is 12.1. The van der Waals surface area contributed by atoms with Gasteiger partial charge in [-0.2, -0.15) is 0 Å². The fourth-order valence-corrected chi connectivity index (χ4v) is 3.46. The lowest BCUT2D eigenvalue weighted by atomic mass is 9.97. The van der Waals surface area contributed by atoms with Gasteiger partial charge in [0.25, 0.3) is 5.56 Å². The third-order valence-corrected chi connectivity index (χ3v) is 4.73. The number of rotatable bonds is 4. The summed E-state index contributed by atoms with van der Waals surface area (Å²) in [6, 6.07) is 0. The fourth-order valence-electron chi connectivity index (χ4n) is 2.60. The van der Waals surface area contributed by atoms with Crippen molar-refractivity contribution in [2.75, 3.05) is 11.9 Å². The third-order valence-electron chi connectivity index (χ3n) is 3.67. The van der Waals surface area contributed by atoms with E-state index in [1.807, 2.05) is 0 Å². The number of anilines is 2. The summed E-state index contributed by atoms with van der Waals surface area (Å²) >= 11 is 1.19. The van der Waals surface area contributed by atoms with Crippen LogP contribution >= 0.6 is 11.3 Å². The summed E-state index contributed by atoms with van der Waals surface area (Å²) in [5.41, 5.74) is 2.12. The van der Waals surface area contributed by atoms with Crippen molar-refractivity contribution in [3.8, 4) is 0 Å². The van der Waals surface area contributed by atoms with E-state index in [4.69, 9.17) is 4.74 Å². The van der Waals surface area contributed by atoms with E-state index < -0.39 is 0 Å². The van der Waals surface area contributed by atoms with Crippen LogP contribution in [-0.2, 0) is 17.6 Å². The average Bonchev–Trinajstić information content (AvgIpc) is 2.88. The molecule has 0 fully saturated rings. The largest absolute Gasteiger partial charge is 0.462 e. The minimum Gasteiger partial charge on any atom is -0.462 e. The van der Waals surface area contributed by atoms with Crippen LogP contribution in [0.5, 0.6) is 0 Å². The van der Waals surface area contributed by atoms with Crippen molar-refractivity contribution in [3.05, 3.63) is 32.2 Å². The molecule has 2 aromatic heterocycles. The van der Waals surface area contributed by atoms with E-state index in [1.165, 1.54) is 11.3 Å². The van der Waals surface area contributed by atoms with Gasteiger partial charge in [0, 0.05) is 5.56 Å². The number of thiazole rings is 1. The number of carbonyl (C=O) groups excluding carboxylic acids is 1. The molecule has 0 bridgehead atoms. The second-order valence-electron chi connectivity index (χ2n) is 5.33. The predicted molar refractivity (Wildman–Crippen MR) is 87.6 cm³/mol. The SMILES string of the molecule is CCOC(=O)c1sc(Nc2nc3c(c(=O)[nH]2)CCCC3)nc1C. The Morgan fingerprint density at radius 1 is 1.35 bits per heavy atom. The van der Waals surface area contributed by atoms with Crippen molar-refractivity contribution in [2.45, 2.75) is 39.5 Å². The molecule has 0 saturated heterocycles. The molecule has 1 aliphatic rings. The molecule has 0 radical (unpaired) electrons. The van der Waals surface area contributed by atoms with Gasteiger partial charge in [0.2, 0.25) is 5.95 Å². The molecular weight excluding hydrogens is 316 g/mol. The van der Waals surface area contributed by atoms with Gasteiger partial charge in [-0.15, -0.1) is 0 Å². The summed E-state index contributed by atoms with van der Waals surface area (Å²) in [5, 5.41) is 3.49. The maximum Gasteiger partial charge on any atom is 0.350 e. The number of hydrogen-bond donors (Lipinski definition) is 2. The first-order chi connectivity index (χ1) is 11.1. The van der Waals surface area contributed by atoms with Crippen molar-refractivity contribution in [1.29, 1.82) is 0 Å². The number of ether oxygens (including phenoxy) is 1. The zero-order chi connectivity index (χ0) is 16.4. The number of aryl methyl sites for hydroxylation is 2. The molecular formula is C15H18N4O3S. The second-order valence-corrected chi connectivity index (χ2v) is 6.32. The first-order valence-corrected chi connectivity index (χ1v) is 8.43. The molecule has 23 heavy (non-hydrogen) atoms. The van der Waals surface area contributed by atoms with Gasteiger partial charge in [0.1, 0.15) is 4.88 Å². The van der Waals surface area contributed by atoms with E-state index in [0.717, 1.165) is 36.9 Å². The molecule has 1 aliphatic carbocycles. The normalized spacial score (nSPS) is 13.5. The Kier molecular flexibility index (Phi) is 4.42. The lowest BCUT2D eigenvalue weighted by Gasteiger charge is -2.14. The van der Waals surface area contributed by atoms with Crippen LogP contribution < -0.4 is 10.9 Å². The lowest BCUT2D eigenvalue weighted by molar-refractivity contribution is 0.0531. The molecule has 0 unspecified atom stereocenters. The molecule has 0 atom stereocenters. The molecule has 0 aromatic carbocycles. The number of aromatic nitrogens is 3. The number of nitrogens with one attached hydrogen (secondary N) is 2. The summed E-state index contributed by atoms with van der Waals surface area (Å²) < 4.78 is 5.00. The highest BCUT2D eigenvalue weighted by atomic mass is 32.1. The van der Waals surface area contributed by atoms with Gasteiger partial charge in [0.05, 0.1) is 18.0 Å². The van der Waals surface area contributed by atoms with E-state index >= 15 is 0 Å². The Hall–Kier alpha value is -2.22. The van der Waals surface area contributed by atoms with Crippen LogP contribution in [0.1, 0.15) is 46.4 Å². The molecule has 8 heteroatoms. The summed E-state index contributed by atoms with van der Waals surface area (Å²) in [6.07, 6.45) is 3.67. The highest BCUT2D eigenvalue weighted by Crippen LogP contribution is 2.25. The molecule has 2 aromatic rings. The Morgan fingerprint density at radius 2 is 2.13 bits per heavy atom. The minimum absolute atomic E-state index is 0.101. The van der Waals surface area contributed by atoms with Crippen molar-refractivity contribution in [2.24, 2.45) is 0 Å². The molecule has 3 rings (SSSR count). The van der Waals surface area contributed by atoms with E-state index in [9.17, 15) is 9.59 Å². The van der Waals surface area contributed by atoms with E-state index in [0.29, 0.717) is 28.3 Å². The molecule has 2 N–H and O–H groups in total. The Balaban J connectivity index is 1.85. The predicted octanol–water partition coefficient (Wildman–Crippen LogP) is 2.33.